The van der Waals surface area contributed by atoms with Crippen molar-refractivity contribution in [2.24, 2.45) is 11.7 Å². The molecule has 0 aromatic carbocycles. The van der Waals surface area contributed by atoms with Crippen molar-refractivity contribution in [2.45, 2.75) is 50.9 Å². The van der Waals surface area contributed by atoms with Gasteiger partial charge in [0.15, 0.2) is 0 Å². The van der Waals surface area contributed by atoms with Gasteiger partial charge in [0.25, 0.3) is 0 Å². The van der Waals surface area contributed by atoms with E-state index in [2.05, 4.69) is 41.2 Å². The van der Waals surface area contributed by atoms with Gasteiger partial charge < -0.3 is 26.8 Å². The Kier molecular flexibility index (Phi) is 14.2. The second kappa shape index (κ2) is 14.8. The maximum absolute atomic E-state index is 12.9. The number of rotatable bonds is 14. The molecule has 0 radical (unpaired) electrons. The molecule has 0 rings (SSSR count). The number of nitrogens with two attached hydrogens (primary N) is 1. The Labute approximate surface area is 186 Å². The van der Waals surface area contributed by atoms with E-state index in [1.807, 2.05) is 13.2 Å². The highest BCUT2D eigenvalue weighted by molar-refractivity contribution is 7.98. The summed E-state index contributed by atoms with van der Waals surface area (Å²) in [6, 6.07) is -3.86. The van der Waals surface area contributed by atoms with Gasteiger partial charge in [0.2, 0.25) is 17.7 Å². The van der Waals surface area contributed by atoms with Gasteiger partial charge in [-0.05, 0) is 24.3 Å². The molecule has 0 heterocycles. The molecule has 29 heavy (non-hydrogen) atoms. The van der Waals surface area contributed by atoms with Crippen LogP contribution in [-0.4, -0.2) is 76.5 Å². The molecule has 168 valence electrons. The third kappa shape index (κ3) is 9.96. The first kappa shape index (κ1) is 27.9. The molecule has 5 atom stereocenters. The fourth-order valence-electron chi connectivity index (χ4n) is 2.27. The summed E-state index contributed by atoms with van der Waals surface area (Å²) < 4.78 is 0. The summed E-state index contributed by atoms with van der Waals surface area (Å²) in [7, 11) is 0. The Morgan fingerprint density at radius 2 is 1.59 bits per heavy atom. The summed E-state index contributed by atoms with van der Waals surface area (Å²) >= 11 is 9.39. The zero-order chi connectivity index (χ0) is 22.6. The Balaban J connectivity index is 5.37. The van der Waals surface area contributed by atoms with Crippen molar-refractivity contribution in [3.8, 4) is 0 Å². The number of thiol groups is 2. The minimum atomic E-state index is -1.21. The molecule has 12 heteroatoms. The van der Waals surface area contributed by atoms with Crippen molar-refractivity contribution >= 4 is 60.7 Å². The quantitative estimate of drug-likeness (QED) is 0.170. The molecule has 3 amide bonds. The van der Waals surface area contributed by atoms with Crippen LogP contribution in [0.3, 0.4) is 0 Å². The van der Waals surface area contributed by atoms with Crippen LogP contribution in [0.15, 0.2) is 0 Å². The summed E-state index contributed by atoms with van der Waals surface area (Å²) in [5.74, 6) is -2.47. The molecule has 0 aromatic heterocycles. The van der Waals surface area contributed by atoms with Crippen molar-refractivity contribution in [2.75, 3.05) is 23.5 Å². The first-order valence-corrected chi connectivity index (χ1v) is 11.9. The van der Waals surface area contributed by atoms with Gasteiger partial charge in [-0.1, -0.05) is 20.3 Å². The van der Waals surface area contributed by atoms with E-state index in [9.17, 15) is 19.2 Å². The standard InChI is InChI=1S/C17H32N4O5S3/c1-4-9(2)13(21-14(22)10(18)7-27)16(24)19-11(5-6-29-3)15(23)20-12(8-28)17(25)26/h9-13,27-28H,4-8,18H2,1-3H3,(H,19,24)(H,20,23)(H,21,22)(H,25,26). The SMILES string of the molecule is CCC(C)C(NC(=O)C(N)CS)C(=O)NC(CCSC)C(=O)NC(CS)C(=O)O. The Hall–Kier alpha value is -1.11. The molecular weight excluding hydrogens is 436 g/mol. The maximum Gasteiger partial charge on any atom is 0.327 e. The van der Waals surface area contributed by atoms with E-state index < -0.39 is 47.9 Å². The minimum absolute atomic E-state index is 0.0859. The van der Waals surface area contributed by atoms with Crippen molar-refractivity contribution in [1.82, 2.24) is 16.0 Å². The van der Waals surface area contributed by atoms with Crippen LogP contribution < -0.4 is 21.7 Å². The predicted octanol–water partition coefficient (Wildman–Crippen LogP) is -0.488. The average molecular weight is 469 g/mol. The molecule has 0 spiro atoms. The summed E-state index contributed by atoms with van der Waals surface area (Å²) in [6.07, 6.45) is 2.76. The summed E-state index contributed by atoms with van der Waals surface area (Å²) in [4.78, 5) is 48.7. The number of carboxylic acid groups (broad SMARTS) is 1. The predicted molar refractivity (Wildman–Crippen MR) is 122 cm³/mol. The zero-order valence-corrected chi connectivity index (χ0v) is 19.5. The highest BCUT2D eigenvalue weighted by atomic mass is 32.2. The van der Waals surface area contributed by atoms with Gasteiger partial charge in [0, 0.05) is 11.5 Å². The Morgan fingerprint density at radius 3 is 2.03 bits per heavy atom. The van der Waals surface area contributed by atoms with Gasteiger partial charge in [-0.15, -0.1) is 0 Å². The van der Waals surface area contributed by atoms with Crippen LogP contribution in [0.4, 0.5) is 0 Å². The van der Waals surface area contributed by atoms with E-state index in [1.54, 1.807) is 6.92 Å². The molecule has 0 aromatic rings. The fourth-order valence-corrected chi connectivity index (χ4v) is 3.15. The van der Waals surface area contributed by atoms with Crippen LogP contribution in [0, 0.1) is 5.92 Å². The number of carbonyl (C=O) groups excluding carboxylic acids is 3. The lowest BCUT2D eigenvalue weighted by Crippen LogP contribution is -2.59. The van der Waals surface area contributed by atoms with Gasteiger partial charge in [-0.2, -0.15) is 37.0 Å². The lowest BCUT2D eigenvalue weighted by atomic mass is 9.97. The van der Waals surface area contributed by atoms with Crippen molar-refractivity contribution < 1.29 is 24.3 Å². The van der Waals surface area contributed by atoms with E-state index in [0.29, 0.717) is 18.6 Å². The Bertz CT molecular complexity index is 567. The first-order chi connectivity index (χ1) is 13.6. The van der Waals surface area contributed by atoms with E-state index in [0.717, 1.165) is 0 Å². The number of amides is 3. The summed E-state index contributed by atoms with van der Waals surface area (Å²) in [5, 5.41) is 16.7. The van der Waals surface area contributed by atoms with Crippen LogP contribution in [0.25, 0.3) is 0 Å². The van der Waals surface area contributed by atoms with Gasteiger partial charge >= 0.3 is 5.97 Å². The monoisotopic (exact) mass is 468 g/mol. The van der Waals surface area contributed by atoms with Crippen molar-refractivity contribution in [1.29, 1.82) is 0 Å². The summed E-state index contributed by atoms with van der Waals surface area (Å²) in [5.41, 5.74) is 5.67. The smallest absolute Gasteiger partial charge is 0.327 e. The minimum Gasteiger partial charge on any atom is -0.480 e. The number of hydrogen-bond donors (Lipinski definition) is 7. The molecule has 0 saturated heterocycles. The number of nitrogens with one attached hydrogen (secondary N) is 3. The number of carbonyl (C=O) groups is 4. The highest BCUT2D eigenvalue weighted by Gasteiger charge is 2.31. The largest absolute Gasteiger partial charge is 0.480 e. The summed E-state index contributed by atoms with van der Waals surface area (Å²) in [6.45, 7) is 3.67. The zero-order valence-electron chi connectivity index (χ0n) is 16.9. The number of aliphatic carboxylic acids is 1. The van der Waals surface area contributed by atoms with Crippen LogP contribution in [0.1, 0.15) is 26.7 Å². The van der Waals surface area contributed by atoms with Crippen LogP contribution in [0.2, 0.25) is 0 Å². The second-order valence-electron chi connectivity index (χ2n) is 6.59. The van der Waals surface area contributed by atoms with E-state index in [-0.39, 0.29) is 17.4 Å². The molecular formula is C17H32N4O5S3. The van der Waals surface area contributed by atoms with E-state index in [4.69, 9.17) is 10.8 Å². The van der Waals surface area contributed by atoms with Crippen LogP contribution >= 0.6 is 37.0 Å². The molecule has 9 nitrogen and oxygen atoms in total. The molecule has 0 saturated carbocycles. The normalized spacial score (nSPS) is 16.1. The first-order valence-electron chi connectivity index (χ1n) is 9.22. The van der Waals surface area contributed by atoms with Gasteiger partial charge in [-0.25, -0.2) is 4.79 Å². The van der Waals surface area contributed by atoms with Crippen LogP contribution in [-0.2, 0) is 19.2 Å². The van der Waals surface area contributed by atoms with Gasteiger partial charge in [0.05, 0.1) is 6.04 Å². The molecule has 0 fully saturated rings. The van der Waals surface area contributed by atoms with Crippen molar-refractivity contribution in [3.63, 3.8) is 0 Å². The third-order valence-electron chi connectivity index (χ3n) is 4.37. The number of carboxylic acids is 1. The third-order valence-corrected chi connectivity index (χ3v) is 5.77. The maximum atomic E-state index is 12.9. The van der Waals surface area contributed by atoms with Crippen LogP contribution in [0.5, 0.6) is 0 Å². The number of thioether (sulfide) groups is 1. The molecule has 0 aliphatic heterocycles. The fraction of sp³-hybridized carbons (Fsp3) is 0.765. The lowest BCUT2D eigenvalue weighted by Gasteiger charge is -2.27. The molecule has 0 aliphatic carbocycles. The Morgan fingerprint density at radius 1 is 1.00 bits per heavy atom. The average Bonchev–Trinajstić information content (AvgIpc) is 2.70. The lowest BCUT2D eigenvalue weighted by molar-refractivity contribution is -0.141. The molecule has 0 bridgehead atoms. The van der Waals surface area contributed by atoms with E-state index in [1.165, 1.54) is 11.8 Å². The van der Waals surface area contributed by atoms with E-state index >= 15 is 0 Å². The van der Waals surface area contributed by atoms with Gasteiger partial charge in [-0.3, -0.25) is 14.4 Å². The van der Waals surface area contributed by atoms with Crippen molar-refractivity contribution in [3.05, 3.63) is 0 Å². The van der Waals surface area contributed by atoms with Gasteiger partial charge in [0.1, 0.15) is 18.1 Å². The molecule has 6 N–H and O–H groups in total. The second-order valence-corrected chi connectivity index (χ2v) is 8.30. The topological polar surface area (TPSA) is 151 Å². The number of hydrogen-bond acceptors (Lipinski definition) is 8. The molecule has 5 unspecified atom stereocenters. The highest BCUT2D eigenvalue weighted by Crippen LogP contribution is 2.10. The molecule has 0 aliphatic rings.